The van der Waals surface area contributed by atoms with Gasteiger partial charge in [-0.1, -0.05) is 12.1 Å². The quantitative estimate of drug-likeness (QED) is 0.881. The van der Waals surface area contributed by atoms with Crippen LogP contribution in [0.4, 0.5) is 0 Å². The Morgan fingerprint density at radius 2 is 2.20 bits per heavy atom. The molecule has 5 nitrogen and oxygen atoms in total. The molecule has 0 bridgehead atoms. The number of ether oxygens (including phenoxy) is 2. The van der Waals surface area contributed by atoms with E-state index in [1.54, 1.807) is 19.1 Å². The van der Waals surface area contributed by atoms with Crippen LogP contribution in [-0.4, -0.2) is 45.2 Å². The van der Waals surface area contributed by atoms with E-state index in [0.29, 0.717) is 18.0 Å². The molecule has 1 fully saturated rings. The molecule has 110 valence electrons. The van der Waals surface area contributed by atoms with Gasteiger partial charge in [-0.2, -0.15) is 0 Å². The molecule has 1 saturated heterocycles. The first-order valence-electron chi connectivity index (χ1n) is 6.83. The summed E-state index contributed by atoms with van der Waals surface area (Å²) in [6.07, 6.45) is 0.915. The average molecular weight is 278 g/mol. The molecular weight excluding hydrogens is 256 g/mol. The van der Waals surface area contributed by atoms with Crippen LogP contribution in [0.2, 0.25) is 0 Å². The molecule has 5 heteroatoms. The van der Waals surface area contributed by atoms with Crippen LogP contribution in [0.3, 0.4) is 0 Å². The van der Waals surface area contributed by atoms with Crippen molar-refractivity contribution in [1.82, 2.24) is 10.2 Å². The summed E-state index contributed by atoms with van der Waals surface area (Å²) in [7, 11) is 5.06. The highest BCUT2D eigenvalue weighted by atomic mass is 16.5. The highest BCUT2D eigenvalue weighted by Gasteiger charge is 2.25. The zero-order valence-electron chi connectivity index (χ0n) is 12.3. The van der Waals surface area contributed by atoms with Gasteiger partial charge in [-0.15, -0.1) is 0 Å². The largest absolute Gasteiger partial charge is 0.493 e. The van der Waals surface area contributed by atoms with Crippen molar-refractivity contribution in [3.63, 3.8) is 0 Å². The van der Waals surface area contributed by atoms with E-state index < -0.39 is 0 Å². The third kappa shape index (κ3) is 3.04. The van der Waals surface area contributed by atoms with Gasteiger partial charge < -0.3 is 19.7 Å². The van der Waals surface area contributed by atoms with Crippen LogP contribution in [0, 0.1) is 5.92 Å². The number of amides is 1. The van der Waals surface area contributed by atoms with Gasteiger partial charge in [0.25, 0.3) is 0 Å². The molecule has 0 saturated carbocycles. The van der Waals surface area contributed by atoms with E-state index in [0.717, 1.165) is 25.1 Å². The molecule has 1 aromatic carbocycles. The van der Waals surface area contributed by atoms with Crippen LogP contribution < -0.4 is 14.8 Å². The minimum Gasteiger partial charge on any atom is -0.493 e. The maximum absolute atomic E-state index is 12.3. The smallest absolute Gasteiger partial charge is 0.227 e. The first-order chi connectivity index (χ1) is 9.67. The van der Waals surface area contributed by atoms with Crippen LogP contribution in [0.5, 0.6) is 11.5 Å². The first-order valence-corrected chi connectivity index (χ1v) is 6.83. The maximum Gasteiger partial charge on any atom is 0.227 e. The van der Waals surface area contributed by atoms with Gasteiger partial charge in [0.1, 0.15) is 0 Å². The standard InChI is InChI=1S/C15H22N2O3/c1-17(15(18)11-7-8-16-9-11)10-12-5-4-6-13(19-2)14(12)20-3/h4-6,11,16H,7-10H2,1-3H3. The van der Waals surface area contributed by atoms with Gasteiger partial charge in [0.15, 0.2) is 11.5 Å². The Morgan fingerprint density at radius 3 is 2.80 bits per heavy atom. The van der Waals surface area contributed by atoms with Crippen LogP contribution in [0.25, 0.3) is 0 Å². The van der Waals surface area contributed by atoms with Crippen LogP contribution in [0.15, 0.2) is 18.2 Å². The summed E-state index contributed by atoms with van der Waals surface area (Å²) < 4.78 is 10.7. The Hall–Kier alpha value is -1.75. The van der Waals surface area contributed by atoms with Crippen molar-refractivity contribution in [2.45, 2.75) is 13.0 Å². The number of rotatable bonds is 5. The monoisotopic (exact) mass is 278 g/mol. The maximum atomic E-state index is 12.3. The Kier molecular flexibility index (Phi) is 4.84. The Morgan fingerprint density at radius 1 is 1.40 bits per heavy atom. The Balaban J connectivity index is 2.10. The molecular formula is C15H22N2O3. The summed E-state index contributed by atoms with van der Waals surface area (Å²) >= 11 is 0. The number of carbonyl (C=O) groups is 1. The van der Waals surface area contributed by atoms with Crippen LogP contribution in [-0.2, 0) is 11.3 Å². The van der Waals surface area contributed by atoms with Crippen molar-refractivity contribution in [2.24, 2.45) is 5.92 Å². The third-order valence-corrected chi connectivity index (χ3v) is 3.68. The zero-order valence-corrected chi connectivity index (χ0v) is 12.3. The molecule has 0 radical (unpaired) electrons. The van der Waals surface area contributed by atoms with Gasteiger partial charge in [-0.3, -0.25) is 4.79 Å². The van der Waals surface area contributed by atoms with Crippen molar-refractivity contribution in [1.29, 1.82) is 0 Å². The van der Waals surface area contributed by atoms with Gasteiger partial charge in [0.05, 0.1) is 20.1 Å². The molecule has 1 aliphatic rings. The summed E-state index contributed by atoms with van der Waals surface area (Å²) in [4.78, 5) is 14.1. The van der Waals surface area contributed by atoms with Crippen molar-refractivity contribution in [2.75, 3.05) is 34.4 Å². The first kappa shape index (κ1) is 14.7. The lowest BCUT2D eigenvalue weighted by atomic mass is 10.1. The second-order valence-corrected chi connectivity index (χ2v) is 5.04. The Bertz CT molecular complexity index is 470. The normalized spacial score (nSPS) is 17.9. The lowest BCUT2D eigenvalue weighted by Crippen LogP contribution is -2.33. The fraction of sp³-hybridized carbons (Fsp3) is 0.533. The van der Waals surface area contributed by atoms with Crippen LogP contribution in [0.1, 0.15) is 12.0 Å². The molecule has 2 rings (SSSR count). The summed E-state index contributed by atoms with van der Waals surface area (Å²) in [5.74, 6) is 1.66. The van der Waals surface area contributed by atoms with Gasteiger partial charge in [0, 0.05) is 25.7 Å². The van der Waals surface area contributed by atoms with Gasteiger partial charge in [-0.05, 0) is 19.0 Å². The minimum atomic E-state index is 0.0941. The number of para-hydroxylation sites is 1. The molecule has 0 aromatic heterocycles. The molecule has 1 aromatic rings. The SMILES string of the molecule is COc1cccc(CN(C)C(=O)C2CCNC2)c1OC. The lowest BCUT2D eigenvalue weighted by molar-refractivity contribution is -0.134. The van der Waals surface area contributed by atoms with Crippen molar-refractivity contribution in [3.8, 4) is 11.5 Å². The summed E-state index contributed by atoms with van der Waals surface area (Å²) in [5.41, 5.74) is 0.952. The highest BCUT2D eigenvalue weighted by molar-refractivity contribution is 5.79. The number of hydrogen-bond donors (Lipinski definition) is 1. The molecule has 20 heavy (non-hydrogen) atoms. The topological polar surface area (TPSA) is 50.8 Å². The summed E-state index contributed by atoms with van der Waals surface area (Å²) in [6, 6.07) is 5.72. The van der Waals surface area contributed by atoms with Crippen LogP contribution >= 0.6 is 0 Å². The second-order valence-electron chi connectivity index (χ2n) is 5.04. The second kappa shape index (κ2) is 6.61. The third-order valence-electron chi connectivity index (χ3n) is 3.68. The predicted octanol–water partition coefficient (Wildman–Crippen LogP) is 1.27. The summed E-state index contributed by atoms with van der Waals surface area (Å²) in [6.45, 7) is 2.22. The molecule has 1 aliphatic heterocycles. The number of nitrogens with zero attached hydrogens (tertiary/aromatic N) is 1. The number of carbonyl (C=O) groups excluding carboxylic acids is 1. The van der Waals surface area contributed by atoms with E-state index >= 15 is 0 Å². The molecule has 1 N–H and O–H groups in total. The van der Waals surface area contributed by atoms with E-state index in [9.17, 15) is 4.79 Å². The molecule has 0 spiro atoms. The molecule has 1 amide bonds. The number of methoxy groups -OCH3 is 2. The van der Waals surface area contributed by atoms with E-state index in [1.165, 1.54) is 0 Å². The number of hydrogen-bond acceptors (Lipinski definition) is 4. The van der Waals surface area contributed by atoms with E-state index in [4.69, 9.17) is 9.47 Å². The van der Waals surface area contributed by atoms with E-state index in [2.05, 4.69) is 5.32 Å². The highest BCUT2D eigenvalue weighted by Crippen LogP contribution is 2.31. The lowest BCUT2D eigenvalue weighted by Gasteiger charge is -2.22. The van der Waals surface area contributed by atoms with E-state index in [1.807, 2.05) is 25.2 Å². The molecule has 1 unspecified atom stereocenters. The molecule has 1 atom stereocenters. The van der Waals surface area contributed by atoms with E-state index in [-0.39, 0.29) is 11.8 Å². The fourth-order valence-corrected chi connectivity index (χ4v) is 2.59. The fourth-order valence-electron chi connectivity index (χ4n) is 2.59. The van der Waals surface area contributed by atoms with Crippen molar-refractivity contribution >= 4 is 5.91 Å². The predicted molar refractivity (Wildman–Crippen MR) is 77.0 cm³/mol. The average Bonchev–Trinajstić information content (AvgIpc) is 3.00. The van der Waals surface area contributed by atoms with Crippen molar-refractivity contribution in [3.05, 3.63) is 23.8 Å². The zero-order chi connectivity index (χ0) is 14.5. The summed E-state index contributed by atoms with van der Waals surface area (Å²) in [5, 5.41) is 3.22. The number of nitrogens with one attached hydrogen (secondary N) is 1. The van der Waals surface area contributed by atoms with Crippen molar-refractivity contribution < 1.29 is 14.3 Å². The number of benzene rings is 1. The Labute approximate surface area is 119 Å². The minimum absolute atomic E-state index is 0.0941. The van der Waals surface area contributed by atoms with Gasteiger partial charge in [0.2, 0.25) is 5.91 Å². The molecule has 1 heterocycles. The molecule has 0 aliphatic carbocycles. The van der Waals surface area contributed by atoms with Gasteiger partial charge in [-0.25, -0.2) is 0 Å². The van der Waals surface area contributed by atoms with Gasteiger partial charge >= 0.3 is 0 Å².